The summed E-state index contributed by atoms with van der Waals surface area (Å²) in [4.78, 5) is 23.4. The Hall–Kier alpha value is -2.16. The second-order valence-electron chi connectivity index (χ2n) is 3.47. The molecule has 1 aromatic carbocycles. The van der Waals surface area contributed by atoms with Crippen LogP contribution in [0.25, 0.3) is 5.76 Å². The molecule has 2 rings (SSSR count). The van der Waals surface area contributed by atoms with E-state index in [1.54, 1.807) is 31.2 Å². The fourth-order valence-corrected chi connectivity index (χ4v) is 1.71. The van der Waals surface area contributed by atoms with Crippen molar-refractivity contribution in [2.75, 3.05) is 0 Å². The smallest absolute Gasteiger partial charge is 0.237 e. The Balaban J connectivity index is 2.74. The minimum Gasteiger partial charge on any atom is -0.507 e. The SMILES string of the molecule is C/C=C\C1=C(O)c2ccccc2C(=O)C1=O. The van der Waals surface area contributed by atoms with Crippen LogP contribution < -0.4 is 0 Å². The first-order chi connectivity index (χ1) is 7.66. The van der Waals surface area contributed by atoms with E-state index in [2.05, 4.69) is 0 Å². The van der Waals surface area contributed by atoms with Crippen molar-refractivity contribution >= 4 is 17.3 Å². The van der Waals surface area contributed by atoms with E-state index in [-0.39, 0.29) is 16.9 Å². The lowest BCUT2D eigenvalue weighted by Gasteiger charge is -2.15. The zero-order chi connectivity index (χ0) is 11.7. The minimum absolute atomic E-state index is 0.0613. The standard InChI is InChI=1S/C13H10O3/c1-2-5-10-11(14)8-6-3-4-7-9(8)12(15)13(10)16/h2-7,14H,1H3/b5-2-. The Morgan fingerprint density at radius 3 is 2.31 bits per heavy atom. The molecule has 0 unspecified atom stereocenters. The molecule has 3 heteroatoms. The molecular weight excluding hydrogens is 204 g/mol. The number of hydrogen-bond donors (Lipinski definition) is 1. The maximum atomic E-state index is 11.7. The van der Waals surface area contributed by atoms with E-state index in [0.29, 0.717) is 5.56 Å². The molecule has 16 heavy (non-hydrogen) atoms. The predicted molar refractivity (Wildman–Crippen MR) is 60.1 cm³/mol. The van der Waals surface area contributed by atoms with Gasteiger partial charge in [0.1, 0.15) is 5.76 Å². The number of ketones is 2. The van der Waals surface area contributed by atoms with E-state index < -0.39 is 11.6 Å². The Morgan fingerprint density at radius 2 is 1.69 bits per heavy atom. The number of benzene rings is 1. The van der Waals surface area contributed by atoms with Crippen LogP contribution in [0, 0.1) is 0 Å². The molecule has 3 nitrogen and oxygen atoms in total. The van der Waals surface area contributed by atoms with Gasteiger partial charge in [-0.25, -0.2) is 0 Å². The number of rotatable bonds is 1. The second-order valence-corrected chi connectivity index (χ2v) is 3.47. The first-order valence-electron chi connectivity index (χ1n) is 4.91. The van der Waals surface area contributed by atoms with Crippen LogP contribution in [0.5, 0.6) is 0 Å². The monoisotopic (exact) mass is 214 g/mol. The highest BCUT2D eigenvalue weighted by atomic mass is 16.3. The molecule has 0 heterocycles. The van der Waals surface area contributed by atoms with Crippen molar-refractivity contribution in [3.8, 4) is 0 Å². The largest absolute Gasteiger partial charge is 0.507 e. The van der Waals surface area contributed by atoms with Crippen molar-refractivity contribution in [3.05, 3.63) is 53.1 Å². The van der Waals surface area contributed by atoms with Crippen molar-refractivity contribution in [2.45, 2.75) is 6.92 Å². The molecule has 0 saturated carbocycles. The van der Waals surface area contributed by atoms with Crippen molar-refractivity contribution in [2.24, 2.45) is 0 Å². The zero-order valence-electron chi connectivity index (χ0n) is 8.73. The first kappa shape index (κ1) is 10.4. The molecule has 0 saturated heterocycles. The summed E-state index contributed by atoms with van der Waals surface area (Å²) in [5.41, 5.74) is 0.740. The number of aliphatic hydroxyl groups is 1. The molecule has 1 aliphatic rings. The quantitative estimate of drug-likeness (QED) is 0.730. The van der Waals surface area contributed by atoms with Crippen LogP contribution in [0.4, 0.5) is 0 Å². The van der Waals surface area contributed by atoms with Crippen molar-refractivity contribution in [3.63, 3.8) is 0 Å². The number of aliphatic hydroxyl groups excluding tert-OH is 1. The van der Waals surface area contributed by atoms with Gasteiger partial charge in [0, 0.05) is 11.1 Å². The molecule has 0 spiro atoms. The van der Waals surface area contributed by atoms with E-state index in [1.807, 2.05) is 0 Å². The highest BCUT2D eigenvalue weighted by molar-refractivity contribution is 6.52. The van der Waals surface area contributed by atoms with Gasteiger partial charge in [-0.1, -0.05) is 36.4 Å². The summed E-state index contributed by atoms with van der Waals surface area (Å²) >= 11 is 0. The highest BCUT2D eigenvalue weighted by Crippen LogP contribution is 2.27. The molecule has 80 valence electrons. The molecule has 0 bridgehead atoms. The third-order valence-corrected chi connectivity index (χ3v) is 2.47. The van der Waals surface area contributed by atoms with Gasteiger partial charge < -0.3 is 5.11 Å². The van der Waals surface area contributed by atoms with E-state index in [4.69, 9.17) is 0 Å². The summed E-state index contributed by atoms with van der Waals surface area (Å²) in [5.74, 6) is -1.35. The van der Waals surface area contributed by atoms with Gasteiger partial charge in [-0.2, -0.15) is 0 Å². The fraction of sp³-hybridized carbons (Fsp3) is 0.0769. The lowest BCUT2D eigenvalue weighted by Crippen LogP contribution is -2.23. The Morgan fingerprint density at radius 1 is 1.06 bits per heavy atom. The summed E-state index contributed by atoms with van der Waals surface area (Å²) in [6.45, 7) is 1.72. The highest BCUT2D eigenvalue weighted by Gasteiger charge is 2.30. The lowest BCUT2D eigenvalue weighted by molar-refractivity contribution is -0.111. The molecule has 0 atom stereocenters. The van der Waals surface area contributed by atoms with Gasteiger partial charge in [-0.05, 0) is 6.92 Å². The predicted octanol–water partition coefficient (Wildman–Crippen LogP) is 2.30. The van der Waals surface area contributed by atoms with Gasteiger partial charge in [-0.15, -0.1) is 0 Å². The van der Waals surface area contributed by atoms with Gasteiger partial charge >= 0.3 is 0 Å². The van der Waals surface area contributed by atoms with Crippen LogP contribution in [-0.4, -0.2) is 16.7 Å². The molecule has 1 aliphatic carbocycles. The molecule has 0 aliphatic heterocycles. The van der Waals surface area contributed by atoms with Gasteiger partial charge in [0.05, 0.1) is 5.57 Å². The summed E-state index contributed by atoms with van der Waals surface area (Å²) in [5, 5.41) is 9.90. The van der Waals surface area contributed by atoms with Crippen LogP contribution in [0.2, 0.25) is 0 Å². The van der Waals surface area contributed by atoms with Gasteiger partial charge in [0.2, 0.25) is 11.6 Å². The van der Waals surface area contributed by atoms with Crippen molar-refractivity contribution in [1.29, 1.82) is 0 Å². The van der Waals surface area contributed by atoms with Crippen LogP contribution in [0.1, 0.15) is 22.8 Å². The molecular formula is C13H10O3. The summed E-state index contributed by atoms with van der Waals surface area (Å²) in [6, 6.07) is 6.54. The number of Topliss-reactive ketones (excluding diaryl/α,β-unsaturated/α-hetero) is 2. The van der Waals surface area contributed by atoms with Crippen molar-refractivity contribution in [1.82, 2.24) is 0 Å². The number of hydrogen-bond acceptors (Lipinski definition) is 3. The maximum absolute atomic E-state index is 11.7. The van der Waals surface area contributed by atoms with Gasteiger partial charge in [0.25, 0.3) is 0 Å². The van der Waals surface area contributed by atoms with Crippen molar-refractivity contribution < 1.29 is 14.7 Å². The number of allylic oxidation sites excluding steroid dienone is 3. The van der Waals surface area contributed by atoms with E-state index >= 15 is 0 Å². The third-order valence-electron chi connectivity index (χ3n) is 2.47. The summed E-state index contributed by atoms with van der Waals surface area (Å²) in [7, 11) is 0. The zero-order valence-corrected chi connectivity index (χ0v) is 8.73. The van der Waals surface area contributed by atoms with E-state index in [9.17, 15) is 14.7 Å². The average Bonchev–Trinajstić information content (AvgIpc) is 2.32. The van der Waals surface area contributed by atoms with Crippen LogP contribution in [0.3, 0.4) is 0 Å². The van der Waals surface area contributed by atoms with E-state index in [0.717, 1.165) is 0 Å². The molecule has 1 aromatic rings. The molecule has 1 N–H and O–H groups in total. The second kappa shape index (κ2) is 3.77. The number of carbonyl (C=O) groups is 2. The Kier molecular flexibility index (Phi) is 2.44. The lowest BCUT2D eigenvalue weighted by atomic mass is 9.88. The van der Waals surface area contributed by atoms with Crippen LogP contribution in [-0.2, 0) is 4.79 Å². The average molecular weight is 214 g/mol. The number of carbonyl (C=O) groups excluding carboxylic acids is 2. The summed E-state index contributed by atoms with van der Waals surface area (Å²) in [6.07, 6.45) is 3.07. The summed E-state index contributed by atoms with van der Waals surface area (Å²) < 4.78 is 0. The Labute approximate surface area is 92.7 Å². The maximum Gasteiger partial charge on any atom is 0.237 e. The van der Waals surface area contributed by atoms with Gasteiger partial charge in [0.15, 0.2) is 0 Å². The normalized spacial score (nSPS) is 15.8. The van der Waals surface area contributed by atoms with Gasteiger partial charge in [-0.3, -0.25) is 9.59 Å². The molecule has 0 amide bonds. The minimum atomic E-state index is -0.658. The Bertz CT molecular complexity index is 536. The first-order valence-corrected chi connectivity index (χ1v) is 4.91. The molecule has 0 fully saturated rings. The number of fused-ring (bicyclic) bond motifs is 1. The topological polar surface area (TPSA) is 54.4 Å². The molecule has 0 aromatic heterocycles. The van der Waals surface area contributed by atoms with E-state index in [1.165, 1.54) is 12.1 Å². The molecule has 0 radical (unpaired) electrons. The van der Waals surface area contributed by atoms with Crippen LogP contribution in [0.15, 0.2) is 42.0 Å². The fourth-order valence-electron chi connectivity index (χ4n) is 1.71. The van der Waals surface area contributed by atoms with Crippen LogP contribution >= 0.6 is 0 Å². The third kappa shape index (κ3) is 1.37.